The Kier molecular flexibility index (Phi) is 6.27. The summed E-state index contributed by atoms with van der Waals surface area (Å²) in [5, 5.41) is 14.0. The summed E-state index contributed by atoms with van der Waals surface area (Å²) in [5.74, 6) is 1.91. The molecule has 3 aromatic rings. The Morgan fingerprint density at radius 1 is 0.968 bits per heavy atom. The van der Waals surface area contributed by atoms with Crippen LogP contribution >= 0.6 is 0 Å². The average Bonchev–Trinajstić information content (AvgIpc) is 2.80. The molecule has 2 aromatic heterocycles. The molecule has 0 radical (unpaired) electrons. The summed E-state index contributed by atoms with van der Waals surface area (Å²) in [5.41, 5.74) is 0.919. The van der Waals surface area contributed by atoms with Gasteiger partial charge in [0.1, 0.15) is 5.82 Å². The fraction of sp³-hybridized carbons (Fsp3) is 0.333. The second-order valence-electron chi connectivity index (χ2n) is 7.27. The number of hydrogen-bond donors (Lipinski definition) is 2. The highest BCUT2D eigenvalue weighted by Crippen LogP contribution is 2.16. The summed E-state index contributed by atoms with van der Waals surface area (Å²) < 4.78 is 0. The lowest BCUT2D eigenvalue weighted by Gasteiger charge is -2.32. The van der Waals surface area contributed by atoms with Crippen LogP contribution in [0.4, 0.5) is 23.4 Å². The predicted molar refractivity (Wildman–Crippen MR) is 119 cm³/mol. The van der Waals surface area contributed by atoms with Gasteiger partial charge in [-0.1, -0.05) is 25.1 Å². The van der Waals surface area contributed by atoms with E-state index >= 15 is 0 Å². The van der Waals surface area contributed by atoms with E-state index in [9.17, 15) is 4.79 Å². The van der Waals surface area contributed by atoms with Gasteiger partial charge in [-0.15, -0.1) is 10.2 Å². The third-order valence-corrected chi connectivity index (χ3v) is 4.94. The van der Waals surface area contributed by atoms with Crippen LogP contribution in [0.1, 0.15) is 23.2 Å². The third-order valence-electron chi connectivity index (χ3n) is 4.94. The maximum Gasteiger partial charge on any atom is 0.276 e. The van der Waals surface area contributed by atoms with Gasteiger partial charge in [0.05, 0.1) is 0 Å². The number of nitrogens with zero attached hydrogens (tertiary/aromatic N) is 7. The number of piperazine rings is 1. The van der Waals surface area contributed by atoms with E-state index in [-0.39, 0.29) is 11.6 Å². The number of amides is 1. The van der Waals surface area contributed by atoms with Gasteiger partial charge < -0.3 is 20.4 Å². The summed E-state index contributed by atoms with van der Waals surface area (Å²) in [6.45, 7) is 5.68. The minimum atomic E-state index is -0.323. The van der Waals surface area contributed by atoms with Gasteiger partial charge in [0.15, 0.2) is 11.5 Å². The van der Waals surface area contributed by atoms with E-state index in [0.29, 0.717) is 35.6 Å². The summed E-state index contributed by atoms with van der Waals surface area (Å²) in [6.07, 6.45) is 0.697. The predicted octanol–water partition coefficient (Wildman–Crippen LogP) is 1.97. The number of benzene rings is 1. The Bertz CT molecular complexity index is 1020. The van der Waals surface area contributed by atoms with E-state index in [1.165, 1.54) is 0 Å². The summed E-state index contributed by atoms with van der Waals surface area (Å²) in [6, 6.07) is 12.5. The maximum absolute atomic E-state index is 12.3. The number of aryl methyl sites for hydroxylation is 1. The molecule has 1 saturated heterocycles. The number of carbonyl (C=O) groups is 1. The van der Waals surface area contributed by atoms with Gasteiger partial charge >= 0.3 is 0 Å². The van der Waals surface area contributed by atoms with Crippen molar-refractivity contribution in [2.75, 3.05) is 48.8 Å². The highest BCUT2D eigenvalue weighted by atomic mass is 16.1. The molecule has 2 N–H and O–H groups in total. The van der Waals surface area contributed by atoms with Crippen LogP contribution in [0.25, 0.3) is 0 Å². The standard InChI is InChI=1S/C21H25N9O/c1-3-17-23-20(26-21(25-17)30-13-11-29(2)12-14-30)24-18-10-9-16(27-28-18)19(31)22-15-7-5-4-6-8-15/h4-10H,3,11-14H2,1-2H3,(H,22,31)(H,23,24,25,26,28). The first-order valence-corrected chi connectivity index (χ1v) is 10.3. The molecule has 1 aliphatic rings. The number of nitrogens with one attached hydrogen (secondary N) is 2. The lowest BCUT2D eigenvalue weighted by Crippen LogP contribution is -2.45. The van der Waals surface area contributed by atoms with Gasteiger partial charge in [-0.25, -0.2) is 0 Å². The molecule has 0 aliphatic carbocycles. The number of anilines is 4. The fourth-order valence-electron chi connectivity index (χ4n) is 3.12. The molecule has 10 heteroatoms. The van der Waals surface area contributed by atoms with Gasteiger partial charge in [-0.05, 0) is 31.3 Å². The van der Waals surface area contributed by atoms with E-state index in [0.717, 1.165) is 26.2 Å². The number of para-hydroxylation sites is 1. The molecule has 160 valence electrons. The molecule has 3 heterocycles. The zero-order chi connectivity index (χ0) is 21.6. The van der Waals surface area contributed by atoms with E-state index in [1.54, 1.807) is 12.1 Å². The molecule has 1 aliphatic heterocycles. The first kappa shape index (κ1) is 20.6. The molecule has 10 nitrogen and oxygen atoms in total. The second-order valence-corrected chi connectivity index (χ2v) is 7.27. The minimum absolute atomic E-state index is 0.220. The average molecular weight is 419 g/mol. The number of hydrogen-bond acceptors (Lipinski definition) is 9. The number of aromatic nitrogens is 5. The fourth-order valence-corrected chi connectivity index (χ4v) is 3.12. The Morgan fingerprint density at radius 3 is 2.42 bits per heavy atom. The van der Waals surface area contributed by atoms with Crippen LogP contribution in [0.2, 0.25) is 0 Å². The molecule has 1 amide bonds. The minimum Gasteiger partial charge on any atom is -0.338 e. The molecule has 0 unspecified atom stereocenters. The van der Waals surface area contributed by atoms with Gasteiger partial charge in [0, 0.05) is 38.3 Å². The molecule has 0 saturated carbocycles. The molecular formula is C21H25N9O. The topological polar surface area (TPSA) is 112 Å². The highest BCUT2D eigenvalue weighted by Gasteiger charge is 2.18. The van der Waals surface area contributed by atoms with Gasteiger partial charge in [-0.3, -0.25) is 4.79 Å². The van der Waals surface area contributed by atoms with Crippen LogP contribution in [0.15, 0.2) is 42.5 Å². The largest absolute Gasteiger partial charge is 0.338 e. The van der Waals surface area contributed by atoms with Crippen LogP contribution in [0.5, 0.6) is 0 Å². The molecule has 0 atom stereocenters. The normalized spacial score (nSPS) is 14.3. The van der Waals surface area contributed by atoms with E-state index in [2.05, 4.69) is 52.6 Å². The first-order valence-electron chi connectivity index (χ1n) is 10.3. The quantitative estimate of drug-likeness (QED) is 0.619. The Balaban J connectivity index is 1.46. The lowest BCUT2D eigenvalue weighted by molar-refractivity contribution is 0.102. The van der Waals surface area contributed by atoms with Gasteiger partial charge in [0.25, 0.3) is 5.91 Å². The van der Waals surface area contributed by atoms with Crippen molar-refractivity contribution in [3.05, 3.63) is 54.0 Å². The molecular weight excluding hydrogens is 394 g/mol. The van der Waals surface area contributed by atoms with E-state index in [1.807, 2.05) is 37.3 Å². The molecule has 0 bridgehead atoms. The zero-order valence-corrected chi connectivity index (χ0v) is 17.6. The monoisotopic (exact) mass is 419 g/mol. The lowest BCUT2D eigenvalue weighted by atomic mass is 10.3. The SMILES string of the molecule is CCc1nc(Nc2ccc(C(=O)Nc3ccccc3)nn2)nc(N2CCN(C)CC2)n1. The number of carbonyl (C=O) groups excluding carboxylic acids is 1. The molecule has 4 rings (SSSR count). The van der Waals surface area contributed by atoms with Crippen molar-refractivity contribution in [2.45, 2.75) is 13.3 Å². The Labute approximate surface area is 180 Å². The number of rotatable bonds is 6. The van der Waals surface area contributed by atoms with Crippen LogP contribution in [0, 0.1) is 0 Å². The number of likely N-dealkylation sites (N-methyl/N-ethyl adjacent to an activating group) is 1. The van der Waals surface area contributed by atoms with Crippen molar-refractivity contribution >= 4 is 29.3 Å². The maximum atomic E-state index is 12.3. The summed E-state index contributed by atoms with van der Waals surface area (Å²) >= 11 is 0. The summed E-state index contributed by atoms with van der Waals surface area (Å²) in [4.78, 5) is 30.4. The first-order chi connectivity index (χ1) is 15.1. The third kappa shape index (κ3) is 5.28. The van der Waals surface area contributed by atoms with Crippen molar-refractivity contribution in [2.24, 2.45) is 0 Å². The van der Waals surface area contributed by atoms with Gasteiger partial charge in [-0.2, -0.15) is 15.0 Å². The van der Waals surface area contributed by atoms with Gasteiger partial charge in [0.2, 0.25) is 11.9 Å². The molecule has 1 aromatic carbocycles. The Hall–Kier alpha value is -3.66. The van der Waals surface area contributed by atoms with E-state index in [4.69, 9.17) is 0 Å². The summed E-state index contributed by atoms with van der Waals surface area (Å²) in [7, 11) is 2.11. The van der Waals surface area contributed by atoms with Crippen molar-refractivity contribution in [1.29, 1.82) is 0 Å². The molecule has 0 spiro atoms. The molecule has 31 heavy (non-hydrogen) atoms. The highest BCUT2D eigenvalue weighted by molar-refractivity contribution is 6.02. The van der Waals surface area contributed by atoms with Crippen molar-refractivity contribution < 1.29 is 4.79 Å². The van der Waals surface area contributed by atoms with Crippen molar-refractivity contribution in [3.8, 4) is 0 Å². The second kappa shape index (κ2) is 9.43. The van der Waals surface area contributed by atoms with Crippen molar-refractivity contribution in [3.63, 3.8) is 0 Å². The van der Waals surface area contributed by atoms with Crippen LogP contribution in [-0.4, -0.2) is 69.2 Å². The Morgan fingerprint density at radius 2 is 1.74 bits per heavy atom. The van der Waals surface area contributed by atoms with Crippen LogP contribution < -0.4 is 15.5 Å². The zero-order valence-electron chi connectivity index (χ0n) is 17.6. The van der Waals surface area contributed by atoms with Crippen molar-refractivity contribution in [1.82, 2.24) is 30.0 Å². The molecule has 1 fully saturated rings. The van der Waals surface area contributed by atoms with E-state index < -0.39 is 0 Å². The van der Waals surface area contributed by atoms with Crippen LogP contribution in [-0.2, 0) is 6.42 Å². The van der Waals surface area contributed by atoms with Crippen LogP contribution in [0.3, 0.4) is 0 Å². The smallest absolute Gasteiger partial charge is 0.276 e.